The third-order valence-corrected chi connectivity index (χ3v) is 5.34. The Morgan fingerprint density at radius 1 is 1.08 bits per heavy atom. The second-order valence-corrected chi connectivity index (χ2v) is 6.82. The van der Waals surface area contributed by atoms with Gasteiger partial charge in [-0.2, -0.15) is 0 Å². The molecule has 2 fully saturated rings. The Morgan fingerprint density at radius 3 is 2.32 bits per heavy atom. The number of fused-ring (bicyclic) bond motifs is 1. The molecule has 0 aromatic heterocycles. The van der Waals surface area contributed by atoms with Gasteiger partial charge in [-0.15, -0.1) is 0 Å². The van der Waals surface area contributed by atoms with Gasteiger partial charge in [-0.05, 0) is 32.3 Å². The maximum absolute atomic E-state index is 6.90. The van der Waals surface area contributed by atoms with Crippen molar-refractivity contribution >= 4 is 0 Å². The van der Waals surface area contributed by atoms with Crippen LogP contribution in [0.4, 0.5) is 0 Å². The van der Waals surface area contributed by atoms with Gasteiger partial charge < -0.3 is 9.47 Å². The average molecular weight is 335 g/mol. The molecule has 2 unspecified atom stereocenters. The van der Waals surface area contributed by atoms with Crippen molar-refractivity contribution in [2.75, 3.05) is 6.61 Å². The first-order chi connectivity index (χ1) is 12.3. The monoisotopic (exact) mass is 335 g/mol. The molecule has 2 aromatic rings. The number of nitrogens with one attached hydrogen (secondary N) is 1. The van der Waals surface area contributed by atoms with Crippen molar-refractivity contribution < 1.29 is 9.47 Å². The molecular weight excluding hydrogens is 310 g/mol. The molecule has 0 amide bonds. The normalized spacial score (nSPS) is 27.5. The molecule has 2 aliphatic rings. The molecule has 3 heteroatoms. The molecule has 0 bridgehead atoms. The highest BCUT2D eigenvalue weighted by Crippen LogP contribution is 2.49. The summed E-state index contributed by atoms with van der Waals surface area (Å²) in [7, 11) is 0. The Kier molecular flexibility index (Phi) is 4.36. The summed E-state index contributed by atoms with van der Waals surface area (Å²) in [5.41, 5.74) is 1.34. The maximum atomic E-state index is 6.90. The first-order valence-electron chi connectivity index (χ1n) is 9.17. The Morgan fingerprint density at radius 2 is 1.72 bits per heavy atom. The van der Waals surface area contributed by atoms with Gasteiger partial charge in [-0.3, -0.25) is 5.32 Å². The number of benzene rings is 2. The van der Waals surface area contributed by atoms with E-state index in [1.165, 1.54) is 0 Å². The topological polar surface area (TPSA) is 30.5 Å². The van der Waals surface area contributed by atoms with Crippen LogP contribution in [0.25, 0.3) is 0 Å². The molecule has 1 heterocycles. The third-order valence-electron chi connectivity index (χ3n) is 5.34. The number of hydrogen-bond acceptors (Lipinski definition) is 3. The van der Waals surface area contributed by atoms with Gasteiger partial charge in [0.15, 0.2) is 5.72 Å². The van der Waals surface area contributed by atoms with E-state index in [2.05, 4.69) is 59.9 Å². The van der Waals surface area contributed by atoms with Gasteiger partial charge in [0, 0.05) is 17.2 Å². The fourth-order valence-electron chi connectivity index (χ4n) is 4.17. The summed E-state index contributed by atoms with van der Waals surface area (Å²) in [5, 5.41) is 3.84. The summed E-state index contributed by atoms with van der Waals surface area (Å²) < 4.78 is 12.4. The van der Waals surface area contributed by atoms with Crippen LogP contribution in [0.15, 0.2) is 73.0 Å². The fourth-order valence-corrected chi connectivity index (χ4v) is 4.17. The lowest BCUT2D eigenvalue weighted by Crippen LogP contribution is -2.42. The van der Waals surface area contributed by atoms with Crippen molar-refractivity contribution in [3.05, 3.63) is 84.1 Å². The van der Waals surface area contributed by atoms with Crippen LogP contribution < -0.4 is 5.32 Å². The van der Waals surface area contributed by atoms with E-state index >= 15 is 0 Å². The minimum Gasteiger partial charge on any atom is -0.502 e. The van der Waals surface area contributed by atoms with Gasteiger partial charge in [0.1, 0.15) is 5.60 Å². The summed E-state index contributed by atoms with van der Waals surface area (Å²) in [6, 6.07) is 21.2. The van der Waals surface area contributed by atoms with Crippen molar-refractivity contribution in [3.8, 4) is 0 Å². The first kappa shape index (κ1) is 16.4. The van der Waals surface area contributed by atoms with Crippen LogP contribution in [-0.4, -0.2) is 18.2 Å². The van der Waals surface area contributed by atoms with Gasteiger partial charge in [-0.1, -0.05) is 60.7 Å². The van der Waals surface area contributed by atoms with E-state index in [-0.39, 0.29) is 11.6 Å². The molecule has 1 saturated heterocycles. The molecule has 0 spiro atoms. The highest BCUT2D eigenvalue weighted by atomic mass is 16.6. The van der Waals surface area contributed by atoms with E-state index in [0.29, 0.717) is 6.61 Å². The first-order valence-corrected chi connectivity index (χ1v) is 9.17. The molecule has 2 atom stereocenters. The zero-order valence-corrected chi connectivity index (χ0v) is 14.7. The summed E-state index contributed by atoms with van der Waals surface area (Å²) >= 11 is 0. The van der Waals surface area contributed by atoms with E-state index in [4.69, 9.17) is 9.47 Å². The molecule has 2 aromatic carbocycles. The van der Waals surface area contributed by atoms with Crippen LogP contribution in [0.3, 0.4) is 0 Å². The van der Waals surface area contributed by atoms with Crippen molar-refractivity contribution in [1.82, 2.24) is 5.32 Å². The molecule has 0 radical (unpaired) electrons. The van der Waals surface area contributed by atoms with Crippen LogP contribution in [0.2, 0.25) is 0 Å². The molecule has 1 aliphatic carbocycles. The lowest BCUT2D eigenvalue weighted by Gasteiger charge is -2.33. The average Bonchev–Trinajstić information content (AvgIpc) is 3.19. The number of hydrogen-bond donors (Lipinski definition) is 1. The van der Waals surface area contributed by atoms with Gasteiger partial charge in [0.2, 0.25) is 0 Å². The van der Waals surface area contributed by atoms with Crippen LogP contribution in [0.5, 0.6) is 0 Å². The Hall–Kier alpha value is -2.10. The molecule has 25 heavy (non-hydrogen) atoms. The molecule has 4 rings (SSSR count). The fraction of sp³-hybridized carbons (Fsp3) is 0.364. The van der Waals surface area contributed by atoms with Gasteiger partial charge in [0.25, 0.3) is 0 Å². The molecule has 1 N–H and O–H groups in total. The van der Waals surface area contributed by atoms with Gasteiger partial charge >= 0.3 is 0 Å². The predicted molar refractivity (Wildman–Crippen MR) is 99.0 cm³/mol. The van der Waals surface area contributed by atoms with E-state index < -0.39 is 5.72 Å². The summed E-state index contributed by atoms with van der Waals surface area (Å²) in [6.07, 6.45) is 7.21. The largest absolute Gasteiger partial charge is 0.502 e. The molecule has 1 aliphatic heterocycles. The van der Waals surface area contributed by atoms with Crippen LogP contribution in [-0.2, 0) is 15.2 Å². The van der Waals surface area contributed by atoms with Gasteiger partial charge in [-0.25, -0.2) is 0 Å². The molecular formula is C22H25NO2. The molecule has 130 valence electrons. The van der Waals surface area contributed by atoms with Crippen molar-refractivity contribution in [2.45, 2.75) is 43.6 Å². The minimum atomic E-state index is -0.621. The van der Waals surface area contributed by atoms with Crippen LogP contribution in [0.1, 0.15) is 37.3 Å². The zero-order chi connectivity index (χ0) is 17.2. The van der Waals surface area contributed by atoms with Crippen LogP contribution in [0, 0.1) is 0 Å². The highest BCUT2D eigenvalue weighted by Gasteiger charge is 2.57. The molecule has 3 nitrogen and oxygen atoms in total. The summed E-state index contributed by atoms with van der Waals surface area (Å²) in [4.78, 5) is 0. The third kappa shape index (κ3) is 2.78. The Labute approximate surface area is 149 Å². The number of ether oxygens (including phenoxy) is 2. The van der Waals surface area contributed by atoms with Gasteiger partial charge in [0.05, 0.1) is 12.9 Å². The van der Waals surface area contributed by atoms with E-state index in [0.717, 1.165) is 30.4 Å². The predicted octanol–water partition coefficient (Wildman–Crippen LogP) is 4.35. The standard InChI is InChI=1S/C22H25NO2/c1-2-24-17-16-21-15-9-14-20(21)23-22(25-21,18-10-5-3-6-11-18)19-12-7-4-8-13-19/h3-8,10-13,16-17,20,23H,2,9,14-15H2,1H3/b17-16-. The van der Waals surface area contributed by atoms with E-state index in [1.807, 2.05) is 25.3 Å². The minimum absolute atomic E-state index is 0.282. The second kappa shape index (κ2) is 6.66. The van der Waals surface area contributed by atoms with E-state index in [9.17, 15) is 0 Å². The lowest BCUT2D eigenvalue weighted by atomic mass is 9.94. The highest BCUT2D eigenvalue weighted by molar-refractivity contribution is 5.39. The smallest absolute Gasteiger partial charge is 0.173 e. The van der Waals surface area contributed by atoms with Crippen molar-refractivity contribution in [1.29, 1.82) is 0 Å². The van der Waals surface area contributed by atoms with E-state index in [1.54, 1.807) is 0 Å². The molecule has 1 saturated carbocycles. The Balaban J connectivity index is 1.79. The maximum Gasteiger partial charge on any atom is 0.173 e. The van der Waals surface area contributed by atoms with Crippen LogP contribution >= 0.6 is 0 Å². The summed E-state index contributed by atoms with van der Waals surface area (Å²) in [5.74, 6) is 0. The second-order valence-electron chi connectivity index (χ2n) is 6.82. The Bertz CT molecular complexity index is 689. The van der Waals surface area contributed by atoms with Crippen molar-refractivity contribution in [2.24, 2.45) is 0 Å². The zero-order valence-electron chi connectivity index (χ0n) is 14.7. The van der Waals surface area contributed by atoms with Crippen molar-refractivity contribution in [3.63, 3.8) is 0 Å². The quantitative estimate of drug-likeness (QED) is 0.824. The SMILES string of the molecule is CCO/C=C\C12CCCC1NC(c1ccccc1)(c1ccccc1)O2. The summed E-state index contributed by atoms with van der Waals surface area (Å²) in [6.45, 7) is 2.67. The number of rotatable bonds is 5. The lowest BCUT2D eigenvalue weighted by molar-refractivity contribution is -0.0667.